The van der Waals surface area contributed by atoms with Crippen molar-refractivity contribution < 1.29 is 4.74 Å². The fraction of sp³-hybridized carbons (Fsp3) is 0.667. The predicted molar refractivity (Wildman–Crippen MR) is 69.4 cm³/mol. The van der Waals surface area contributed by atoms with Gasteiger partial charge in [0.2, 0.25) is 0 Å². The summed E-state index contributed by atoms with van der Waals surface area (Å²) in [6.07, 6.45) is 3.26. The van der Waals surface area contributed by atoms with E-state index in [2.05, 4.69) is 29.9 Å². The lowest BCUT2D eigenvalue weighted by Crippen LogP contribution is -2.37. The van der Waals surface area contributed by atoms with Gasteiger partial charge in [0.15, 0.2) is 0 Å². The van der Waals surface area contributed by atoms with Crippen LogP contribution in [0.4, 0.5) is 0 Å². The lowest BCUT2D eigenvalue weighted by molar-refractivity contribution is 0.148. The molecule has 0 aliphatic carbocycles. The molecule has 3 N–H and O–H groups in total. The molecule has 4 heteroatoms. The molecule has 3 nitrogen and oxygen atoms in total. The molecular formula is C12H22N2OS. The molecular weight excluding hydrogens is 220 g/mol. The zero-order chi connectivity index (χ0) is 11.8. The number of nitrogens with two attached hydrogens (primary N) is 1. The van der Waals surface area contributed by atoms with Crippen LogP contribution in [0.3, 0.4) is 0 Å². The summed E-state index contributed by atoms with van der Waals surface area (Å²) in [5, 5.41) is 2.12. The molecule has 2 atom stereocenters. The van der Waals surface area contributed by atoms with Gasteiger partial charge in [0, 0.05) is 24.6 Å². The molecule has 0 amide bonds. The molecule has 1 heterocycles. The van der Waals surface area contributed by atoms with E-state index < -0.39 is 0 Å². The topological polar surface area (TPSA) is 47.3 Å². The number of rotatable bonds is 8. The Morgan fingerprint density at radius 2 is 2.38 bits per heavy atom. The minimum Gasteiger partial charge on any atom is -0.384 e. The number of hydrazine groups is 1. The van der Waals surface area contributed by atoms with Crippen LogP contribution in [0.15, 0.2) is 17.5 Å². The van der Waals surface area contributed by atoms with Crippen molar-refractivity contribution in [3.63, 3.8) is 0 Å². The second kappa shape index (κ2) is 7.79. The average Bonchev–Trinajstić information content (AvgIpc) is 2.77. The molecule has 0 radical (unpaired) electrons. The highest BCUT2D eigenvalue weighted by Crippen LogP contribution is 2.15. The van der Waals surface area contributed by atoms with Crippen LogP contribution in [0.5, 0.6) is 0 Å². The van der Waals surface area contributed by atoms with Crippen molar-refractivity contribution in [2.45, 2.75) is 32.2 Å². The number of methoxy groups -OCH3 is 1. The van der Waals surface area contributed by atoms with Gasteiger partial charge < -0.3 is 4.74 Å². The summed E-state index contributed by atoms with van der Waals surface area (Å²) in [5.41, 5.74) is 2.90. The fourth-order valence-electron chi connectivity index (χ4n) is 1.88. The van der Waals surface area contributed by atoms with E-state index in [1.54, 1.807) is 7.11 Å². The number of hydrogen-bond donors (Lipinski definition) is 2. The number of aryl methyl sites for hydroxylation is 1. The molecule has 0 aromatic carbocycles. The third kappa shape index (κ3) is 5.07. The minimum atomic E-state index is 0.382. The summed E-state index contributed by atoms with van der Waals surface area (Å²) < 4.78 is 5.13. The molecule has 0 fully saturated rings. The minimum absolute atomic E-state index is 0.382. The summed E-state index contributed by atoms with van der Waals surface area (Å²) in [6, 6.07) is 4.65. The SMILES string of the molecule is COCC(C)CC(CCc1cccs1)NN. The van der Waals surface area contributed by atoms with E-state index in [4.69, 9.17) is 10.6 Å². The standard InChI is InChI=1S/C12H22N2OS/c1-10(9-15-2)8-11(14-13)5-6-12-4-3-7-16-12/h3-4,7,10-11,14H,5-6,8-9,13H2,1-2H3. The van der Waals surface area contributed by atoms with Crippen molar-refractivity contribution in [3.05, 3.63) is 22.4 Å². The quantitative estimate of drug-likeness (QED) is 0.542. The first-order valence-corrected chi connectivity index (χ1v) is 6.61. The molecule has 16 heavy (non-hydrogen) atoms. The van der Waals surface area contributed by atoms with Crippen LogP contribution in [0.2, 0.25) is 0 Å². The largest absolute Gasteiger partial charge is 0.384 e. The Kier molecular flexibility index (Phi) is 6.64. The van der Waals surface area contributed by atoms with Crippen molar-refractivity contribution in [1.82, 2.24) is 5.43 Å². The Labute approximate surface area is 102 Å². The Balaban J connectivity index is 2.26. The first kappa shape index (κ1) is 13.6. The lowest BCUT2D eigenvalue weighted by Gasteiger charge is -2.19. The smallest absolute Gasteiger partial charge is 0.0488 e. The van der Waals surface area contributed by atoms with Crippen molar-refractivity contribution in [2.75, 3.05) is 13.7 Å². The third-order valence-corrected chi connectivity index (χ3v) is 3.63. The van der Waals surface area contributed by atoms with Gasteiger partial charge in [0.05, 0.1) is 0 Å². The van der Waals surface area contributed by atoms with Gasteiger partial charge in [-0.15, -0.1) is 11.3 Å². The van der Waals surface area contributed by atoms with Crippen LogP contribution in [-0.2, 0) is 11.2 Å². The van der Waals surface area contributed by atoms with E-state index in [0.717, 1.165) is 25.9 Å². The van der Waals surface area contributed by atoms with Gasteiger partial charge in [-0.3, -0.25) is 11.3 Å². The van der Waals surface area contributed by atoms with Crippen LogP contribution in [0.1, 0.15) is 24.6 Å². The second-order valence-electron chi connectivity index (χ2n) is 4.28. The van der Waals surface area contributed by atoms with E-state index >= 15 is 0 Å². The second-order valence-corrected chi connectivity index (χ2v) is 5.31. The van der Waals surface area contributed by atoms with Gasteiger partial charge in [0.25, 0.3) is 0 Å². The zero-order valence-electron chi connectivity index (χ0n) is 10.1. The van der Waals surface area contributed by atoms with E-state index in [-0.39, 0.29) is 0 Å². The summed E-state index contributed by atoms with van der Waals surface area (Å²) in [7, 11) is 1.74. The van der Waals surface area contributed by atoms with Gasteiger partial charge >= 0.3 is 0 Å². The molecule has 0 aliphatic rings. The van der Waals surface area contributed by atoms with Crippen molar-refractivity contribution >= 4 is 11.3 Å². The highest BCUT2D eigenvalue weighted by atomic mass is 32.1. The Morgan fingerprint density at radius 1 is 1.56 bits per heavy atom. The predicted octanol–water partition coefficient (Wildman–Crippen LogP) is 2.19. The molecule has 1 aromatic rings. The van der Waals surface area contributed by atoms with Gasteiger partial charge in [0.1, 0.15) is 0 Å². The molecule has 2 unspecified atom stereocenters. The number of nitrogens with one attached hydrogen (secondary N) is 1. The molecule has 0 bridgehead atoms. The maximum Gasteiger partial charge on any atom is 0.0488 e. The maximum absolute atomic E-state index is 5.57. The molecule has 1 rings (SSSR count). The Hall–Kier alpha value is -0.420. The molecule has 1 aromatic heterocycles. The van der Waals surface area contributed by atoms with Gasteiger partial charge in [-0.25, -0.2) is 0 Å². The Bertz CT molecular complexity index is 264. The highest BCUT2D eigenvalue weighted by molar-refractivity contribution is 7.09. The highest BCUT2D eigenvalue weighted by Gasteiger charge is 2.12. The average molecular weight is 242 g/mol. The molecule has 0 saturated carbocycles. The zero-order valence-corrected chi connectivity index (χ0v) is 10.9. The maximum atomic E-state index is 5.57. The number of ether oxygens (including phenoxy) is 1. The number of thiophene rings is 1. The van der Waals surface area contributed by atoms with Gasteiger partial charge in [-0.1, -0.05) is 13.0 Å². The van der Waals surface area contributed by atoms with Crippen LogP contribution < -0.4 is 11.3 Å². The fourth-order valence-corrected chi connectivity index (χ4v) is 2.60. The van der Waals surface area contributed by atoms with Gasteiger partial charge in [-0.2, -0.15) is 0 Å². The lowest BCUT2D eigenvalue weighted by atomic mass is 9.99. The van der Waals surface area contributed by atoms with Gasteiger partial charge in [-0.05, 0) is 36.6 Å². The summed E-state index contributed by atoms with van der Waals surface area (Å²) in [4.78, 5) is 1.43. The Morgan fingerprint density at radius 3 is 2.94 bits per heavy atom. The van der Waals surface area contributed by atoms with Crippen molar-refractivity contribution in [3.8, 4) is 0 Å². The normalized spacial score (nSPS) is 14.9. The summed E-state index contributed by atoms with van der Waals surface area (Å²) in [5.74, 6) is 6.12. The molecule has 92 valence electrons. The van der Waals surface area contributed by atoms with E-state index in [9.17, 15) is 0 Å². The summed E-state index contributed by atoms with van der Waals surface area (Å²) in [6.45, 7) is 3.00. The first-order valence-electron chi connectivity index (χ1n) is 5.73. The monoisotopic (exact) mass is 242 g/mol. The molecule has 0 spiro atoms. The van der Waals surface area contributed by atoms with Crippen LogP contribution in [0, 0.1) is 5.92 Å². The molecule has 0 aliphatic heterocycles. The van der Waals surface area contributed by atoms with E-state index in [0.29, 0.717) is 12.0 Å². The van der Waals surface area contributed by atoms with E-state index in [1.807, 2.05) is 11.3 Å². The van der Waals surface area contributed by atoms with E-state index in [1.165, 1.54) is 4.88 Å². The summed E-state index contributed by atoms with van der Waals surface area (Å²) >= 11 is 1.81. The third-order valence-electron chi connectivity index (χ3n) is 2.69. The first-order chi connectivity index (χ1) is 7.76. The molecule has 0 saturated heterocycles. The number of hydrogen-bond acceptors (Lipinski definition) is 4. The van der Waals surface area contributed by atoms with Crippen LogP contribution >= 0.6 is 11.3 Å². The van der Waals surface area contributed by atoms with Crippen molar-refractivity contribution in [1.29, 1.82) is 0 Å². The van der Waals surface area contributed by atoms with Crippen LogP contribution in [0.25, 0.3) is 0 Å². The van der Waals surface area contributed by atoms with Crippen LogP contribution in [-0.4, -0.2) is 19.8 Å². The van der Waals surface area contributed by atoms with Crippen molar-refractivity contribution in [2.24, 2.45) is 11.8 Å².